The highest BCUT2D eigenvalue weighted by atomic mass is 16.5. The van der Waals surface area contributed by atoms with Crippen LogP contribution in [-0.4, -0.2) is 28.4 Å². The predicted octanol–water partition coefficient (Wildman–Crippen LogP) is 3.22. The van der Waals surface area contributed by atoms with E-state index in [1.54, 1.807) is 14.0 Å². The lowest BCUT2D eigenvalue weighted by atomic mass is 9.95. The van der Waals surface area contributed by atoms with Crippen LogP contribution >= 0.6 is 0 Å². The first kappa shape index (κ1) is 14.1. The summed E-state index contributed by atoms with van der Waals surface area (Å²) in [4.78, 5) is 11.3. The van der Waals surface area contributed by atoms with E-state index in [0.29, 0.717) is 22.9 Å². The number of carbonyl (C=O) groups is 1. The summed E-state index contributed by atoms with van der Waals surface area (Å²) in [7, 11) is 1.57. The molecule has 0 amide bonds. The summed E-state index contributed by atoms with van der Waals surface area (Å²) in [6, 6.07) is 5.82. The zero-order chi connectivity index (χ0) is 14.9. The van der Waals surface area contributed by atoms with E-state index in [2.05, 4.69) is 24.0 Å². The lowest BCUT2D eigenvalue weighted by Gasteiger charge is -2.13. The van der Waals surface area contributed by atoms with Crippen LogP contribution in [0.3, 0.4) is 0 Å². The second kappa shape index (κ2) is 5.36. The molecule has 0 bridgehead atoms. The maximum atomic E-state index is 11.3. The Morgan fingerprint density at radius 1 is 1.40 bits per heavy atom. The monoisotopic (exact) mass is 274 g/mol. The molecule has 0 unspecified atom stereocenters. The Hall–Kier alpha value is -2.30. The number of carboxylic acids is 1. The van der Waals surface area contributed by atoms with E-state index in [1.807, 2.05) is 18.2 Å². The van der Waals surface area contributed by atoms with E-state index in [-0.39, 0.29) is 5.69 Å². The number of rotatable bonds is 4. The molecule has 0 aliphatic heterocycles. The summed E-state index contributed by atoms with van der Waals surface area (Å²) in [5.41, 5.74) is 3.18. The minimum Gasteiger partial charge on any atom is -0.496 e. The zero-order valence-electron chi connectivity index (χ0n) is 12.0. The summed E-state index contributed by atoms with van der Waals surface area (Å²) < 4.78 is 5.36. The van der Waals surface area contributed by atoms with Crippen molar-refractivity contribution in [2.75, 3.05) is 7.11 Å². The van der Waals surface area contributed by atoms with E-state index in [4.69, 9.17) is 4.74 Å². The molecule has 0 radical (unpaired) electrons. The van der Waals surface area contributed by atoms with Crippen molar-refractivity contribution in [1.29, 1.82) is 0 Å². The fraction of sp³-hybridized carbons (Fsp3) is 0.333. The van der Waals surface area contributed by atoms with Gasteiger partial charge in [-0.1, -0.05) is 19.9 Å². The van der Waals surface area contributed by atoms with Gasteiger partial charge in [0.1, 0.15) is 5.75 Å². The standard InChI is InChI=1S/C15H18N2O3/c1-8(2)10-5-6-12(20-4)11(7-10)13-9(3)16-17-14(13)15(18)19/h5-8H,1-4H3,(H,16,17)(H,18,19). The Morgan fingerprint density at radius 2 is 2.10 bits per heavy atom. The van der Waals surface area contributed by atoms with Gasteiger partial charge in [-0.15, -0.1) is 0 Å². The molecule has 1 aromatic heterocycles. The first-order valence-corrected chi connectivity index (χ1v) is 6.42. The van der Waals surface area contributed by atoms with Crippen molar-refractivity contribution in [1.82, 2.24) is 10.2 Å². The number of H-pyrrole nitrogens is 1. The van der Waals surface area contributed by atoms with Gasteiger partial charge in [0.25, 0.3) is 0 Å². The van der Waals surface area contributed by atoms with E-state index in [9.17, 15) is 9.90 Å². The van der Waals surface area contributed by atoms with Gasteiger partial charge in [-0.2, -0.15) is 5.10 Å². The van der Waals surface area contributed by atoms with Crippen molar-refractivity contribution in [3.8, 4) is 16.9 Å². The highest BCUT2D eigenvalue weighted by Crippen LogP contribution is 2.36. The molecule has 0 fully saturated rings. The number of carboxylic acid groups (broad SMARTS) is 1. The molecule has 0 aliphatic carbocycles. The number of nitrogens with one attached hydrogen (secondary N) is 1. The molecule has 1 heterocycles. The number of hydrogen-bond acceptors (Lipinski definition) is 3. The van der Waals surface area contributed by atoms with E-state index < -0.39 is 5.97 Å². The van der Waals surface area contributed by atoms with Crippen LogP contribution in [0.25, 0.3) is 11.1 Å². The molecule has 5 heteroatoms. The normalized spacial score (nSPS) is 10.8. The minimum absolute atomic E-state index is 0.0155. The first-order valence-electron chi connectivity index (χ1n) is 6.42. The Morgan fingerprint density at radius 3 is 2.65 bits per heavy atom. The predicted molar refractivity (Wildman–Crippen MR) is 76.4 cm³/mol. The van der Waals surface area contributed by atoms with Gasteiger partial charge in [-0.25, -0.2) is 4.79 Å². The summed E-state index contributed by atoms with van der Waals surface area (Å²) >= 11 is 0. The number of nitrogens with zero attached hydrogens (tertiary/aromatic N) is 1. The molecule has 0 aliphatic rings. The van der Waals surface area contributed by atoms with Crippen LogP contribution in [0.2, 0.25) is 0 Å². The molecule has 106 valence electrons. The molecule has 5 nitrogen and oxygen atoms in total. The fourth-order valence-electron chi connectivity index (χ4n) is 2.19. The maximum absolute atomic E-state index is 11.3. The molecule has 0 atom stereocenters. The number of aromatic amines is 1. The first-order chi connectivity index (χ1) is 9.45. The Kier molecular flexibility index (Phi) is 3.79. The molecule has 2 N–H and O–H groups in total. The van der Waals surface area contributed by atoms with Gasteiger partial charge in [0.05, 0.1) is 7.11 Å². The van der Waals surface area contributed by atoms with Crippen LogP contribution in [-0.2, 0) is 0 Å². The van der Waals surface area contributed by atoms with Gasteiger partial charge in [0.2, 0.25) is 0 Å². The molecular formula is C15H18N2O3. The fourth-order valence-corrected chi connectivity index (χ4v) is 2.19. The number of hydrogen-bond donors (Lipinski definition) is 2. The third-order valence-electron chi connectivity index (χ3n) is 3.31. The largest absolute Gasteiger partial charge is 0.496 e. The van der Waals surface area contributed by atoms with Crippen molar-refractivity contribution in [3.05, 3.63) is 35.2 Å². The average molecular weight is 274 g/mol. The van der Waals surface area contributed by atoms with Gasteiger partial charge < -0.3 is 9.84 Å². The van der Waals surface area contributed by atoms with Gasteiger partial charge in [-0.3, -0.25) is 5.10 Å². The number of methoxy groups -OCH3 is 1. The van der Waals surface area contributed by atoms with E-state index in [1.165, 1.54) is 0 Å². The third kappa shape index (κ3) is 2.39. The third-order valence-corrected chi connectivity index (χ3v) is 3.31. The van der Waals surface area contributed by atoms with Crippen molar-refractivity contribution in [2.45, 2.75) is 26.7 Å². The SMILES string of the molecule is COc1ccc(C(C)C)cc1-c1c(C(=O)O)n[nH]c1C. The van der Waals surface area contributed by atoms with Crippen LogP contribution in [0, 0.1) is 6.92 Å². The molecule has 2 rings (SSSR count). The second-order valence-corrected chi connectivity index (χ2v) is 4.99. The minimum atomic E-state index is -1.05. The van der Waals surface area contributed by atoms with Crippen molar-refractivity contribution in [3.63, 3.8) is 0 Å². The molecule has 20 heavy (non-hydrogen) atoms. The van der Waals surface area contributed by atoms with E-state index >= 15 is 0 Å². The second-order valence-electron chi connectivity index (χ2n) is 4.99. The number of ether oxygens (including phenoxy) is 1. The maximum Gasteiger partial charge on any atom is 0.357 e. The highest BCUT2D eigenvalue weighted by molar-refractivity contribution is 5.95. The highest BCUT2D eigenvalue weighted by Gasteiger charge is 2.21. The van der Waals surface area contributed by atoms with Crippen molar-refractivity contribution < 1.29 is 14.6 Å². The van der Waals surface area contributed by atoms with Crippen molar-refractivity contribution >= 4 is 5.97 Å². The van der Waals surface area contributed by atoms with Crippen molar-refractivity contribution in [2.24, 2.45) is 0 Å². The lowest BCUT2D eigenvalue weighted by molar-refractivity contribution is 0.0691. The van der Waals surface area contributed by atoms with Gasteiger partial charge in [0, 0.05) is 16.8 Å². The Labute approximate surface area is 117 Å². The molecular weight excluding hydrogens is 256 g/mol. The number of aromatic nitrogens is 2. The quantitative estimate of drug-likeness (QED) is 0.897. The van der Waals surface area contributed by atoms with Crippen LogP contribution < -0.4 is 4.74 Å². The average Bonchev–Trinajstić information content (AvgIpc) is 2.79. The van der Waals surface area contributed by atoms with Crippen LogP contribution in [0.15, 0.2) is 18.2 Å². The lowest BCUT2D eigenvalue weighted by Crippen LogP contribution is -2.01. The summed E-state index contributed by atoms with van der Waals surface area (Å²) in [5.74, 6) is -0.0668. The molecule has 0 saturated carbocycles. The molecule has 2 aromatic rings. The molecule has 1 aromatic carbocycles. The summed E-state index contributed by atoms with van der Waals surface area (Å²) in [6.07, 6.45) is 0. The summed E-state index contributed by atoms with van der Waals surface area (Å²) in [6.45, 7) is 5.98. The number of aryl methyl sites for hydroxylation is 1. The molecule has 0 spiro atoms. The van der Waals surface area contributed by atoms with Crippen LogP contribution in [0.5, 0.6) is 5.75 Å². The van der Waals surface area contributed by atoms with Gasteiger partial charge >= 0.3 is 5.97 Å². The van der Waals surface area contributed by atoms with Crippen LogP contribution in [0.4, 0.5) is 0 Å². The van der Waals surface area contributed by atoms with Gasteiger partial charge in [0.15, 0.2) is 5.69 Å². The Bertz CT molecular complexity index is 645. The number of benzene rings is 1. The topological polar surface area (TPSA) is 75.2 Å². The Balaban J connectivity index is 2.70. The smallest absolute Gasteiger partial charge is 0.357 e. The molecule has 0 saturated heterocycles. The van der Waals surface area contributed by atoms with Gasteiger partial charge in [-0.05, 0) is 30.5 Å². The zero-order valence-corrected chi connectivity index (χ0v) is 12.0. The summed E-state index contributed by atoms with van der Waals surface area (Å²) in [5, 5.41) is 15.9. The van der Waals surface area contributed by atoms with Crippen LogP contribution in [0.1, 0.15) is 41.5 Å². The van der Waals surface area contributed by atoms with E-state index in [0.717, 1.165) is 11.1 Å². The number of aromatic carboxylic acids is 1.